The second-order valence-electron chi connectivity index (χ2n) is 4.08. The van der Waals surface area contributed by atoms with Gasteiger partial charge in [-0.3, -0.25) is 4.79 Å². The number of nitrogen functional groups attached to an aromatic ring is 1. The minimum atomic E-state index is -0.0964. The number of carbonyl (C=O) groups excluding carboxylic acids is 1. The highest BCUT2D eigenvalue weighted by Crippen LogP contribution is 2.35. The minimum Gasteiger partial charge on any atom is -0.375 e. The molecular formula is C12H12ClN3OS. The monoisotopic (exact) mass is 281 g/mol. The van der Waals surface area contributed by atoms with Crippen LogP contribution in [-0.4, -0.2) is 10.9 Å². The molecule has 0 bridgehead atoms. The lowest BCUT2D eigenvalue weighted by molar-refractivity contribution is -0.116. The van der Waals surface area contributed by atoms with E-state index in [4.69, 9.17) is 5.73 Å². The van der Waals surface area contributed by atoms with E-state index in [1.165, 1.54) is 11.3 Å². The number of nitrogens with zero attached hydrogens (tertiary/aromatic N) is 1. The molecule has 6 heteroatoms. The fourth-order valence-electron chi connectivity index (χ4n) is 2.00. The molecule has 1 aliphatic rings. The highest BCUT2D eigenvalue weighted by Gasteiger charge is 2.26. The van der Waals surface area contributed by atoms with Crippen LogP contribution in [0.4, 0.5) is 10.8 Å². The van der Waals surface area contributed by atoms with Gasteiger partial charge in [0.25, 0.3) is 0 Å². The third-order valence-corrected chi connectivity index (χ3v) is 3.66. The van der Waals surface area contributed by atoms with Gasteiger partial charge in [-0.1, -0.05) is 6.07 Å². The van der Waals surface area contributed by atoms with Gasteiger partial charge in [0.15, 0.2) is 5.13 Å². The van der Waals surface area contributed by atoms with Gasteiger partial charge in [0, 0.05) is 16.6 Å². The van der Waals surface area contributed by atoms with E-state index in [9.17, 15) is 4.79 Å². The second-order valence-corrected chi connectivity index (χ2v) is 4.97. The SMILES string of the molecule is CC1C(=O)Nc2ccc(-c3csc(N)n3)cc21.Cl. The number of anilines is 2. The molecule has 1 aromatic carbocycles. The van der Waals surface area contributed by atoms with Gasteiger partial charge in [0.2, 0.25) is 5.91 Å². The van der Waals surface area contributed by atoms with E-state index in [-0.39, 0.29) is 24.2 Å². The fourth-order valence-corrected chi connectivity index (χ4v) is 2.57. The molecule has 4 nitrogen and oxygen atoms in total. The van der Waals surface area contributed by atoms with Gasteiger partial charge in [-0.15, -0.1) is 23.7 Å². The summed E-state index contributed by atoms with van der Waals surface area (Å²) >= 11 is 1.42. The number of fused-ring (bicyclic) bond motifs is 1. The van der Waals surface area contributed by atoms with E-state index in [0.717, 1.165) is 22.5 Å². The van der Waals surface area contributed by atoms with Crippen LogP contribution in [0.2, 0.25) is 0 Å². The lowest BCUT2D eigenvalue weighted by Crippen LogP contribution is -2.08. The Bertz CT molecular complexity index is 611. The molecule has 94 valence electrons. The number of nitrogens with two attached hydrogens (primary N) is 1. The first-order valence-corrected chi connectivity index (χ1v) is 6.19. The number of benzene rings is 1. The molecule has 1 aliphatic heterocycles. The zero-order chi connectivity index (χ0) is 12.0. The number of carbonyl (C=O) groups is 1. The van der Waals surface area contributed by atoms with Gasteiger partial charge in [-0.05, 0) is 24.6 Å². The number of hydrogen-bond donors (Lipinski definition) is 2. The molecule has 2 aromatic rings. The first kappa shape index (κ1) is 12.9. The molecule has 0 radical (unpaired) electrons. The maximum atomic E-state index is 11.5. The van der Waals surface area contributed by atoms with E-state index < -0.39 is 0 Å². The van der Waals surface area contributed by atoms with Crippen LogP contribution in [0.5, 0.6) is 0 Å². The average molecular weight is 282 g/mol. The third-order valence-electron chi connectivity index (χ3n) is 2.99. The molecule has 3 N–H and O–H groups in total. The standard InChI is InChI=1S/C12H11N3OS.ClH/c1-6-8-4-7(10-5-17-12(13)15-10)2-3-9(8)14-11(6)16;/h2-6H,1H3,(H2,13,15)(H,14,16);1H. The number of halogens is 1. The number of hydrogen-bond acceptors (Lipinski definition) is 4. The van der Waals surface area contributed by atoms with Crippen LogP contribution in [0.25, 0.3) is 11.3 Å². The van der Waals surface area contributed by atoms with Crippen molar-refractivity contribution < 1.29 is 4.79 Å². The topological polar surface area (TPSA) is 68.0 Å². The molecule has 1 amide bonds. The average Bonchev–Trinajstić information content (AvgIpc) is 2.85. The summed E-state index contributed by atoms with van der Waals surface area (Å²) in [4.78, 5) is 15.8. The van der Waals surface area contributed by atoms with E-state index in [2.05, 4.69) is 10.3 Å². The van der Waals surface area contributed by atoms with Crippen molar-refractivity contribution in [1.29, 1.82) is 0 Å². The van der Waals surface area contributed by atoms with Gasteiger partial charge >= 0.3 is 0 Å². The van der Waals surface area contributed by atoms with E-state index in [1.54, 1.807) is 0 Å². The van der Waals surface area contributed by atoms with Crippen molar-refractivity contribution in [2.75, 3.05) is 11.1 Å². The van der Waals surface area contributed by atoms with E-state index in [0.29, 0.717) is 5.13 Å². The summed E-state index contributed by atoms with van der Waals surface area (Å²) in [6.07, 6.45) is 0. The molecule has 1 unspecified atom stereocenters. The maximum absolute atomic E-state index is 11.5. The Balaban J connectivity index is 0.00000120. The van der Waals surface area contributed by atoms with E-state index in [1.807, 2.05) is 30.5 Å². The summed E-state index contributed by atoms with van der Waals surface area (Å²) in [7, 11) is 0. The Labute approximate surface area is 115 Å². The Kier molecular flexibility index (Phi) is 3.28. The lowest BCUT2D eigenvalue weighted by atomic mass is 10.00. The Hall–Kier alpha value is -1.59. The molecule has 0 aliphatic carbocycles. The minimum absolute atomic E-state index is 0. The molecular weight excluding hydrogens is 270 g/mol. The molecule has 0 saturated carbocycles. The Morgan fingerprint density at radius 1 is 1.44 bits per heavy atom. The van der Waals surface area contributed by atoms with Crippen LogP contribution < -0.4 is 11.1 Å². The van der Waals surface area contributed by atoms with Crippen LogP contribution in [0, 0.1) is 0 Å². The van der Waals surface area contributed by atoms with Crippen LogP contribution in [0.15, 0.2) is 23.6 Å². The summed E-state index contributed by atoms with van der Waals surface area (Å²) in [6.45, 7) is 1.90. The maximum Gasteiger partial charge on any atom is 0.231 e. The van der Waals surface area contributed by atoms with Crippen LogP contribution in [0.3, 0.4) is 0 Å². The summed E-state index contributed by atoms with van der Waals surface area (Å²) in [5.74, 6) is -0.0455. The molecule has 1 aromatic heterocycles. The fraction of sp³-hybridized carbons (Fsp3) is 0.167. The zero-order valence-electron chi connectivity index (χ0n) is 9.64. The van der Waals surface area contributed by atoms with Gasteiger partial charge in [-0.25, -0.2) is 4.98 Å². The Morgan fingerprint density at radius 2 is 2.22 bits per heavy atom. The van der Waals surface area contributed by atoms with Crippen LogP contribution in [0.1, 0.15) is 18.4 Å². The largest absolute Gasteiger partial charge is 0.375 e. The van der Waals surface area contributed by atoms with Crippen LogP contribution >= 0.6 is 23.7 Å². The van der Waals surface area contributed by atoms with Crippen molar-refractivity contribution in [2.24, 2.45) is 0 Å². The van der Waals surface area contributed by atoms with Crippen molar-refractivity contribution in [3.8, 4) is 11.3 Å². The van der Waals surface area contributed by atoms with Gasteiger partial charge < -0.3 is 11.1 Å². The van der Waals surface area contributed by atoms with Gasteiger partial charge in [-0.2, -0.15) is 0 Å². The number of thiazole rings is 1. The molecule has 3 rings (SSSR count). The van der Waals surface area contributed by atoms with Gasteiger partial charge in [0.1, 0.15) is 0 Å². The third kappa shape index (κ3) is 1.95. The smallest absolute Gasteiger partial charge is 0.231 e. The second kappa shape index (κ2) is 4.59. The first-order chi connectivity index (χ1) is 8.15. The van der Waals surface area contributed by atoms with Crippen molar-refractivity contribution in [1.82, 2.24) is 4.98 Å². The quantitative estimate of drug-likeness (QED) is 0.844. The van der Waals surface area contributed by atoms with Crippen molar-refractivity contribution in [3.05, 3.63) is 29.1 Å². The molecule has 18 heavy (non-hydrogen) atoms. The summed E-state index contributed by atoms with van der Waals surface area (Å²) in [5.41, 5.74) is 9.41. The summed E-state index contributed by atoms with van der Waals surface area (Å²) < 4.78 is 0. The first-order valence-electron chi connectivity index (χ1n) is 5.31. The van der Waals surface area contributed by atoms with E-state index >= 15 is 0 Å². The number of aromatic nitrogens is 1. The van der Waals surface area contributed by atoms with Crippen molar-refractivity contribution >= 4 is 40.5 Å². The normalized spacial score (nSPS) is 16.9. The highest BCUT2D eigenvalue weighted by molar-refractivity contribution is 7.13. The molecule has 1 atom stereocenters. The molecule has 0 saturated heterocycles. The van der Waals surface area contributed by atoms with Crippen molar-refractivity contribution in [3.63, 3.8) is 0 Å². The van der Waals surface area contributed by atoms with Crippen molar-refractivity contribution in [2.45, 2.75) is 12.8 Å². The number of rotatable bonds is 1. The van der Waals surface area contributed by atoms with Crippen LogP contribution in [-0.2, 0) is 4.79 Å². The zero-order valence-corrected chi connectivity index (χ0v) is 11.3. The highest BCUT2D eigenvalue weighted by atomic mass is 35.5. The molecule has 2 heterocycles. The number of nitrogens with one attached hydrogen (secondary N) is 1. The predicted molar refractivity (Wildman–Crippen MR) is 76.3 cm³/mol. The molecule has 0 fully saturated rings. The predicted octanol–water partition coefficient (Wildman–Crippen LogP) is 2.87. The summed E-state index contributed by atoms with van der Waals surface area (Å²) in [6, 6.07) is 5.87. The van der Waals surface area contributed by atoms with Gasteiger partial charge in [0.05, 0.1) is 11.6 Å². The Morgan fingerprint density at radius 3 is 2.89 bits per heavy atom. The summed E-state index contributed by atoms with van der Waals surface area (Å²) in [5, 5.41) is 5.33. The number of amides is 1. The molecule has 0 spiro atoms. The lowest BCUT2D eigenvalue weighted by Gasteiger charge is -2.03.